The fourth-order valence-electron chi connectivity index (χ4n) is 1.46. The van der Waals surface area contributed by atoms with E-state index < -0.39 is 0 Å². The van der Waals surface area contributed by atoms with Gasteiger partial charge in [0.1, 0.15) is 0 Å². The van der Waals surface area contributed by atoms with Gasteiger partial charge in [0.2, 0.25) is 0 Å². The first-order valence-corrected chi connectivity index (χ1v) is 6.05. The summed E-state index contributed by atoms with van der Waals surface area (Å²) in [4.78, 5) is 2.02. The van der Waals surface area contributed by atoms with Crippen molar-refractivity contribution in [3.8, 4) is 0 Å². The van der Waals surface area contributed by atoms with E-state index in [0.717, 1.165) is 11.4 Å². The first-order valence-electron chi connectivity index (χ1n) is 5.29. The third-order valence-corrected chi connectivity index (χ3v) is 2.82. The third kappa shape index (κ3) is 3.03. The molecule has 0 saturated carbocycles. The molecule has 2 rings (SSSR count). The molecule has 0 saturated heterocycles. The lowest BCUT2D eigenvalue weighted by atomic mass is 10.2. The van der Waals surface area contributed by atoms with E-state index >= 15 is 0 Å². The van der Waals surface area contributed by atoms with Crippen molar-refractivity contribution in [1.29, 1.82) is 0 Å². The molecule has 18 heavy (non-hydrogen) atoms. The quantitative estimate of drug-likeness (QED) is 0.934. The Hall–Kier alpha value is -1.52. The van der Waals surface area contributed by atoms with Crippen molar-refractivity contribution >= 4 is 40.3 Å². The van der Waals surface area contributed by atoms with Crippen molar-refractivity contribution in [3.63, 3.8) is 0 Å². The Balaban J connectivity index is 2.28. The molecule has 2 aromatic rings. The van der Waals surface area contributed by atoms with Crippen LogP contribution in [-0.4, -0.2) is 24.3 Å². The van der Waals surface area contributed by atoms with Crippen LogP contribution in [0.1, 0.15) is 0 Å². The highest BCUT2D eigenvalue weighted by Gasteiger charge is 2.05. The summed E-state index contributed by atoms with van der Waals surface area (Å²) in [5.41, 5.74) is 2.63. The van der Waals surface area contributed by atoms with Crippen LogP contribution in [0.25, 0.3) is 0 Å². The second kappa shape index (κ2) is 5.42. The van der Waals surface area contributed by atoms with Gasteiger partial charge in [0.25, 0.3) is 0 Å². The Labute approximate surface area is 116 Å². The largest absolute Gasteiger partial charge is 0.378 e. The molecule has 0 amide bonds. The first-order chi connectivity index (χ1) is 8.56. The van der Waals surface area contributed by atoms with Crippen molar-refractivity contribution < 1.29 is 0 Å². The zero-order valence-electron chi connectivity index (χ0n) is 9.98. The fraction of sp³-hybridized carbons (Fsp3) is 0.167. The number of nitrogens with zero attached hydrogens (tertiary/aromatic N) is 3. The maximum Gasteiger partial charge on any atom is 0.175 e. The number of benzene rings is 1. The lowest BCUT2D eigenvalue weighted by Crippen LogP contribution is -2.08. The summed E-state index contributed by atoms with van der Waals surface area (Å²) < 4.78 is 0. The summed E-state index contributed by atoms with van der Waals surface area (Å²) in [7, 11) is 3.97. The average Bonchev–Trinajstić information content (AvgIpc) is 2.34. The summed E-state index contributed by atoms with van der Waals surface area (Å²) >= 11 is 11.7. The molecular weight excluding hydrogens is 271 g/mol. The molecule has 0 aliphatic rings. The van der Waals surface area contributed by atoms with Gasteiger partial charge in [-0.2, -0.15) is 0 Å². The standard InChI is InChI=1S/C12H12Cl2N4/c1-18(2)9-5-3-4-8(6-9)15-10-7-11(13)16-17-12(10)14/h3-7H,1-2H3,(H,15,16). The third-order valence-electron chi connectivity index (χ3n) is 2.36. The predicted octanol–water partition coefficient (Wildman–Crippen LogP) is 3.59. The van der Waals surface area contributed by atoms with Gasteiger partial charge in [-0.3, -0.25) is 0 Å². The Bertz CT molecular complexity index is 558. The maximum atomic E-state index is 5.94. The van der Waals surface area contributed by atoms with Crippen LogP contribution in [0.5, 0.6) is 0 Å². The van der Waals surface area contributed by atoms with Crippen LogP contribution in [0.3, 0.4) is 0 Å². The summed E-state index contributed by atoms with van der Waals surface area (Å²) in [6.45, 7) is 0. The van der Waals surface area contributed by atoms with E-state index in [9.17, 15) is 0 Å². The van der Waals surface area contributed by atoms with Crippen LogP contribution in [0.15, 0.2) is 30.3 Å². The number of rotatable bonds is 3. The molecule has 1 aromatic heterocycles. The van der Waals surface area contributed by atoms with Gasteiger partial charge in [-0.05, 0) is 18.2 Å². The molecule has 94 valence electrons. The normalized spacial score (nSPS) is 10.2. The van der Waals surface area contributed by atoms with Gasteiger partial charge < -0.3 is 10.2 Å². The molecule has 0 unspecified atom stereocenters. The highest BCUT2D eigenvalue weighted by Crippen LogP contribution is 2.26. The van der Waals surface area contributed by atoms with E-state index in [4.69, 9.17) is 23.2 Å². The first kappa shape index (κ1) is 12.9. The maximum absolute atomic E-state index is 5.94. The van der Waals surface area contributed by atoms with Crippen LogP contribution < -0.4 is 10.2 Å². The number of hydrogen-bond donors (Lipinski definition) is 1. The van der Waals surface area contributed by atoms with Crippen molar-refractivity contribution in [1.82, 2.24) is 10.2 Å². The fourth-order valence-corrected chi connectivity index (χ4v) is 1.74. The predicted molar refractivity (Wildman–Crippen MR) is 76.1 cm³/mol. The Morgan fingerprint density at radius 1 is 1.11 bits per heavy atom. The summed E-state index contributed by atoms with van der Waals surface area (Å²) in [6.07, 6.45) is 0. The van der Waals surface area contributed by atoms with Crippen molar-refractivity contribution in [2.45, 2.75) is 0 Å². The number of nitrogens with one attached hydrogen (secondary N) is 1. The monoisotopic (exact) mass is 282 g/mol. The van der Waals surface area contributed by atoms with E-state index in [0.29, 0.717) is 10.8 Å². The lowest BCUT2D eigenvalue weighted by Gasteiger charge is -2.14. The van der Waals surface area contributed by atoms with Gasteiger partial charge >= 0.3 is 0 Å². The van der Waals surface area contributed by atoms with Crippen LogP contribution in [0.4, 0.5) is 17.1 Å². The lowest BCUT2D eigenvalue weighted by molar-refractivity contribution is 1.03. The topological polar surface area (TPSA) is 41.0 Å². The highest BCUT2D eigenvalue weighted by molar-refractivity contribution is 6.33. The molecule has 0 radical (unpaired) electrons. The molecule has 0 spiro atoms. The molecule has 0 fully saturated rings. The van der Waals surface area contributed by atoms with Crippen LogP contribution in [-0.2, 0) is 0 Å². The molecule has 0 aliphatic carbocycles. The molecular formula is C12H12Cl2N4. The Morgan fingerprint density at radius 3 is 2.61 bits per heavy atom. The molecule has 0 aliphatic heterocycles. The molecule has 0 atom stereocenters. The van der Waals surface area contributed by atoms with Gasteiger partial charge in [-0.25, -0.2) is 0 Å². The zero-order valence-corrected chi connectivity index (χ0v) is 11.5. The second-order valence-electron chi connectivity index (χ2n) is 3.94. The van der Waals surface area contributed by atoms with Gasteiger partial charge in [0, 0.05) is 31.5 Å². The minimum absolute atomic E-state index is 0.287. The van der Waals surface area contributed by atoms with Gasteiger partial charge in [-0.15, -0.1) is 10.2 Å². The smallest absolute Gasteiger partial charge is 0.175 e. The van der Waals surface area contributed by atoms with E-state index in [1.165, 1.54) is 0 Å². The van der Waals surface area contributed by atoms with Gasteiger partial charge in [-0.1, -0.05) is 29.3 Å². The highest BCUT2D eigenvalue weighted by atomic mass is 35.5. The van der Waals surface area contributed by atoms with Gasteiger partial charge in [0.15, 0.2) is 10.3 Å². The van der Waals surface area contributed by atoms with E-state index in [-0.39, 0.29) is 5.15 Å². The Morgan fingerprint density at radius 2 is 1.89 bits per heavy atom. The van der Waals surface area contributed by atoms with Crippen molar-refractivity contribution in [3.05, 3.63) is 40.6 Å². The molecule has 0 bridgehead atoms. The molecule has 6 heteroatoms. The van der Waals surface area contributed by atoms with Crippen molar-refractivity contribution in [2.24, 2.45) is 0 Å². The average molecular weight is 283 g/mol. The molecule has 1 heterocycles. The summed E-state index contributed by atoms with van der Waals surface area (Å²) in [6, 6.07) is 9.56. The molecule has 4 nitrogen and oxygen atoms in total. The van der Waals surface area contributed by atoms with Crippen LogP contribution in [0, 0.1) is 0 Å². The van der Waals surface area contributed by atoms with Crippen LogP contribution >= 0.6 is 23.2 Å². The minimum atomic E-state index is 0.287. The van der Waals surface area contributed by atoms with Crippen molar-refractivity contribution in [2.75, 3.05) is 24.3 Å². The minimum Gasteiger partial charge on any atom is -0.378 e. The second-order valence-corrected chi connectivity index (χ2v) is 4.69. The molecule has 1 N–H and O–H groups in total. The molecule has 1 aromatic carbocycles. The SMILES string of the molecule is CN(C)c1cccc(Nc2cc(Cl)nnc2Cl)c1. The number of hydrogen-bond acceptors (Lipinski definition) is 4. The zero-order chi connectivity index (χ0) is 13.1. The van der Waals surface area contributed by atoms with Crippen LogP contribution in [0.2, 0.25) is 10.3 Å². The van der Waals surface area contributed by atoms with Gasteiger partial charge in [0.05, 0.1) is 5.69 Å². The summed E-state index contributed by atoms with van der Waals surface area (Å²) in [5.74, 6) is 0. The summed E-state index contributed by atoms with van der Waals surface area (Å²) in [5, 5.41) is 11.2. The number of anilines is 3. The number of halogens is 2. The van der Waals surface area contributed by atoms with E-state index in [1.54, 1.807) is 6.07 Å². The Kier molecular flexibility index (Phi) is 3.89. The van der Waals surface area contributed by atoms with E-state index in [1.807, 2.05) is 43.3 Å². The van der Waals surface area contributed by atoms with E-state index in [2.05, 4.69) is 15.5 Å². The number of aromatic nitrogens is 2.